The Bertz CT molecular complexity index is 593. The fraction of sp³-hybridized carbons (Fsp3) is 0.850. The molecule has 0 aliphatic heterocycles. The third kappa shape index (κ3) is 4.06. The lowest BCUT2D eigenvalue weighted by Crippen LogP contribution is -2.61. The highest BCUT2D eigenvalue weighted by Crippen LogP contribution is 2.55. The summed E-state index contributed by atoms with van der Waals surface area (Å²) in [6.45, 7) is 0.271. The Morgan fingerprint density at radius 1 is 0.926 bits per heavy atom. The maximum Gasteiger partial charge on any atom is 0.315 e. The summed E-state index contributed by atoms with van der Waals surface area (Å²) in [5.41, 5.74) is -0.608. The fourth-order valence-electron chi connectivity index (χ4n) is 6.44. The van der Waals surface area contributed by atoms with E-state index in [1.54, 1.807) is 0 Å². The van der Waals surface area contributed by atoms with Crippen LogP contribution in [-0.4, -0.2) is 40.6 Å². The third-order valence-corrected chi connectivity index (χ3v) is 7.26. The smallest absolute Gasteiger partial charge is 0.315 e. The van der Waals surface area contributed by atoms with E-state index in [0.29, 0.717) is 12.8 Å². The number of hydrogen-bond donors (Lipinski definition) is 4. The van der Waals surface area contributed by atoms with Gasteiger partial charge in [0, 0.05) is 18.5 Å². The molecule has 0 spiro atoms. The van der Waals surface area contributed by atoms with E-state index in [4.69, 9.17) is 5.11 Å². The maximum absolute atomic E-state index is 12.4. The molecule has 150 valence electrons. The van der Waals surface area contributed by atoms with Crippen molar-refractivity contribution < 1.29 is 19.5 Å². The van der Waals surface area contributed by atoms with E-state index in [1.807, 2.05) is 0 Å². The minimum absolute atomic E-state index is 0.0291. The van der Waals surface area contributed by atoms with Gasteiger partial charge < -0.3 is 21.1 Å². The minimum Gasteiger partial charge on any atom is -0.481 e. The van der Waals surface area contributed by atoms with Crippen molar-refractivity contribution >= 4 is 17.9 Å². The number of rotatable bonds is 7. The van der Waals surface area contributed by atoms with Crippen LogP contribution in [-0.2, 0) is 9.59 Å². The highest BCUT2D eigenvalue weighted by Gasteiger charge is 2.51. The van der Waals surface area contributed by atoms with Gasteiger partial charge >= 0.3 is 12.0 Å². The Kier molecular flexibility index (Phi) is 4.80. The number of amides is 3. The lowest BCUT2D eigenvalue weighted by molar-refractivity contribution is -0.140. The van der Waals surface area contributed by atoms with Gasteiger partial charge in [-0.3, -0.25) is 9.59 Å². The predicted octanol–water partition coefficient (Wildman–Crippen LogP) is 2.16. The highest BCUT2D eigenvalue weighted by molar-refractivity contribution is 5.80. The Labute approximate surface area is 160 Å². The zero-order chi connectivity index (χ0) is 19.1. The van der Waals surface area contributed by atoms with Crippen molar-refractivity contribution in [2.75, 3.05) is 6.54 Å². The van der Waals surface area contributed by atoms with Crippen LogP contribution in [0.4, 0.5) is 4.79 Å². The molecule has 4 bridgehead atoms. The van der Waals surface area contributed by atoms with Crippen LogP contribution >= 0.6 is 0 Å². The van der Waals surface area contributed by atoms with E-state index >= 15 is 0 Å². The van der Waals surface area contributed by atoms with Crippen molar-refractivity contribution in [2.24, 2.45) is 17.8 Å². The Hall–Kier alpha value is -1.79. The first-order valence-electron chi connectivity index (χ1n) is 10.4. The van der Waals surface area contributed by atoms with Crippen LogP contribution in [0.25, 0.3) is 0 Å². The van der Waals surface area contributed by atoms with E-state index in [9.17, 15) is 14.4 Å². The van der Waals surface area contributed by atoms with Gasteiger partial charge in [0.05, 0.1) is 12.0 Å². The number of hydrogen-bond acceptors (Lipinski definition) is 3. The Balaban J connectivity index is 1.20. The van der Waals surface area contributed by atoms with Crippen LogP contribution in [0.5, 0.6) is 0 Å². The predicted molar refractivity (Wildman–Crippen MR) is 99.0 cm³/mol. The number of carbonyl (C=O) groups excluding carboxylic acids is 2. The molecule has 0 aromatic heterocycles. The molecule has 0 heterocycles. The van der Waals surface area contributed by atoms with Gasteiger partial charge in [0.25, 0.3) is 0 Å². The molecule has 27 heavy (non-hydrogen) atoms. The molecule has 7 nitrogen and oxygen atoms in total. The number of carboxylic acid groups (broad SMARTS) is 1. The molecule has 3 amide bonds. The van der Waals surface area contributed by atoms with E-state index in [-0.39, 0.29) is 36.9 Å². The zero-order valence-corrected chi connectivity index (χ0v) is 15.9. The first-order valence-corrected chi connectivity index (χ1v) is 10.4. The summed E-state index contributed by atoms with van der Waals surface area (Å²) in [7, 11) is 0. The molecule has 4 N–H and O–H groups in total. The van der Waals surface area contributed by atoms with Crippen molar-refractivity contribution in [1.29, 1.82) is 0 Å². The molecule has 7 heteroatoms. The molecule has 5 aliphatic carbocycles. The van der Waals surface area contributed by atoms with Gasteiger partial charge in [0.2, 0.25) is 5.91 Å². The van der Waals surface area contributed by atoms with Gasteiger partial charge in [0.15, 0.2) is 0 Å². The third-order valence-electron chi connectivity index (χ3n) is 7.26. The first-order chi connectivity index (χ1) is 12.9. The largest absolute Gasteiger partial charge is 0.481 e. The minimum atomic E-state index is -0.886. The molecule has 0 radical (unpaired) electrons. The maximum atomic E-state index is 12.4. The molecule has 0 aromatic carbocycles. The van der Waals surface area contributed by atoms with Crippen molar-refractivity contribution in [3.8, 4) is 0 Å². The van der Waals surface area contributed by atoms with Crippen LogP contribution in [0.3, 0.4) is 0 Å². The summed E-state index contributed by atoms with van der Waals surface area (Å²) in [6, 6.07) is -0.173. The number of urea groups is 1. The molecular weight excluding hydrogens is 346 g/mol. The van der Waals surface area contributed by atoms with E-state index in [2.05, 4.69) is 16.0 Å². The first kappa shape index (κ1) is 18.6. The molecule has 0 unspecified atom stereocenters. The lowest BCUT2D eigenvalue weighted by Gasteiger charge is -2.56. The monoisotopic (exact) mass is 377 g/mol. The zero-order valence-electron chi connectivity index (χ0n) is 15.9. The molecule has 5 aliphatic rings. The standard InChI is InChI=1S/C20H31N3O4/c24-16(22-19(3-1-4-19)12-17(25)26)2-5-21-18(27)23-20-9-13-6-14(10-20)8-15(7-13)11-20/h13-15H,1-12H2,(H,22,24)(H,25,26)(H2,21,23,27). The molecule has 0 atom stereocenters. The quantitative estimate of drug-likeness (QED) is 0.545. The second-order valence-electron chi connectivity index (χ2n) is 9.58. The molecular formula is C20H31N3O4. The van der Waals surface area contributed by atoms with E-state index in [1.165, 1.54) is 19.3 Å². The van der Waals surface area contributed by atoms with Gasteiger partial charge in [-0.25, -0.2) is 4.79 Å². The fourth-order valence-corrected chi connectivity index (χ4v) is 6.44. The second kappa shape index (κ2) is 6.99. The Morgan fingerprint density at radius 2 is 1.52 bits per heavy atom. The topological polar surface area (TPSA) is 108 Å². The summed E-state index contributed by atoms with van der Waals surface area (Å²) >= 11 is 0. The van der Waals surface area contributed by atoms with E-state index < -0.39 is 11.5 Å². The SMILES string of the molecule is O=C(O)CC1(NC(=O)CCNC(=O)NC23CC4CC(CC(C4)C2)C3)CCC1. The van der Waals surface area contributed by atoms with Crippen LogP contribution < -0.4 is 16.0 Å². The molecule has 0 saturated heterocycles. The summed E-state index contributed by atoms with van der Waals surface area (Å²) in [4.78, 5) is 35.5. The van der Waals surface area contributed by atoms with E-state index in [0.717, 1.165) is 43.4 Å². The Morgan fingerprint density at radius 3 is 2.00 bits per heavy atom. The van der Waals surface area contributed by atoms with Crippen LogP contribution in [0.15, 0.2) is 0 Å². The molecule has 5 saturated carbocycles. The molecule has 5 rings (SSSR count). The number of carboxylic acids is 1. The summed E-state index contributed by atoms with van der Waals surface area (Å²) in [5.74, 6) is 1.25. The van der Waals surface area contributed by atoms with Gasteiger partial charge in [-0.15, -0.1) is 0 Å². The van der Waals surface area contributed by atoms with Crippen molar-refractivity contribution in [3.05, 3.63) is 0 Å². The number of carbonyl (C=O) groups is 3. The van der Waals surface area contributed by atoms with Gasteiger partial charge in [-0.2, -0.15) is 0 Å². The summed E-state index contributed by atoms with van der Waals surface area (Å²) in [6.07, 6.45) is 9.83. The van der Waals surface area contributed by atoms with Crippen LogP contribution in [0.2, 0.25) is 0 Å². The lowest BCUT2D eigenvalue weighted by atomic mass is 9.53. The van der Waals surface area contributed by atoms with Crippen LogP contribution in [0.1, 0.15) is 70.6 Å². The average Bonchev–Trinajstić information content (AvgIpc) is 2.50. The number of aliphatic carboxylic acids is 1. The second-order valence-corrected chi connectivity index (χ2v) is 9.58. The average molecular weight is 377 g/mol. The summed E-state index contributed by atoms with van der Waals surface area (Å²) in [5, 5.41) is 17.9. The van der Waals surface area contributed by atoms with Gasteiger partial charge in [-0.1, -0.05) is 0 Å². The van der Waals surface area contributed by atoms with Crippen molar-refractivity contribution in [1.82, 2.24) is 16.0 Å². The molecule has 0 aromatic rings. The van der Waals surface area contributed by atoms with Crippen LogP contribution in [0, 0.1) is 17.8 Å². The summed E-state index contributed by atoms with van der Waals surface area (Å²) < 4.78 is 0. The molecule has 5 fully saturated rings. The van der Waals surface area contributed by atoms with Crippen molar-refractivity contribution in [2.45, 2.75) is 81.7 Å². The van der Waals surface area contributed by atoms with Gasteiger partial charge in [0.1, 0.15) is 0 Å². The highest BCUT2D eigenvalue weighted by atomic mass is 16.4. The number of nitrogens with one attached hydrogen (secondary N) is 3. The van der Waals surface area contributed by atoms with Gasteiger partial charge in [-0.05, 0) is 75.5 Å². The normalized spacial score (nSPS) is 35.2. The van der Waals surface area contributed by atoms with Crippen molar-refractivity contribution in [3.63, 3.8) is 0 Å².